The number of hydrogen-bond donors (Lipinski definition) is 1. The summed E-state index contributed by atoms with van der Waals surface area (Å²) in [5.41, 5.74) is -0.364. The molecule has 4 aliphatic carbocycles. The van der Waals surface area contributed by atoms with Gasteiger partial charge in [-0.15, -0.1) is 0 Å². The van der Waals surface area contributed by atoms with Crippen LogP contribution in [0.4, 0.5) is 4.39 Å². The summed E-state index contributed by atoms with van der Waals surface area (Å²) in [6.07, 6.45) is 7.71. The molecule has 0 aliphatic heterocycles. The molecule has 114 valence electrons. The first-order valence-electron chi connectivity index (χ1n) is 7.60. The SMILES string of the molecule is O=S(=O)(NC12CC3CC(CC(C3)C1)C2)c1ncccc1F. The maximum absolute atomic E-state index is 13.8. The van der Waals surface area contributed by atoms with Crippen molar-refractivity contribution in [3.63, 3.8) is 0 Å². The molecule has 4 nitrogen and oxygen atoms in total. The second kappa shape index (κ2) is 4.49. The molecule has 1 N–H and O–H groups in total. The number of rotatable bonds is 3. The lowest BCUT2D eigenvalue weighted by atomic mass is 9.53. The minimum Gasteiger partial charge on any atom is -0.241 e. The fourth-order valence-electron chi connectivity index (χ4n) is 5.14. The Balaban J connectivity index is 1.65. The third-order valence-electron chi connectivity index (χ3n) is 5.37. The second-order valence-electron chi connectivity index (χ2n) is 7.09. The highest BCUT2D eigenvalue weighted by Gasteiger charge is 2.52. The molecule has 0 atom stereocenters. The number of halogens is 1. The third kappa shape index (κ3) is 2.28. The molecule has 1 aromatic heterocycles. The van der Waals surface area contributed by atoms with Crippen molar-refractivity contribution >= 4 is 10.0 Å². The Hall–Kier alpha value is -1.01. The van der Waals surface area contributed by atoms with E-state index in [0.717, 1.165) is 25.3 Å². The fraction of sp³-hybridized carbons (Fsp3) is 0.667. The Morgan fingerprint density at radius 1 is 1.14 bits per heavy atom. The molecule has 0 spiro atoms. The number of nitrogens with one attached hydrogen (secondary N) is 1. The Morgan fingerprint density at radius 2 is 1.71 bits per heavy atom. The molecular formula is C15H19FN2O2S. The quantitative estimate of drug-likeness (QED) is 0.933. The monoisotopic (exact) mass is 310 g/mol. The highest BCUT2D eigenvalue weighted by atomic mass is 32.2. The highest BCUT2D eigenvalue weighted by molar-refractivity contribution is 7.89. The van der Waals surface area contributed by atoms with Crippen LogP contribution in [-0.2, 0) is 10.0 Å². The Kier molecular flexibility index (Phi) is 2.92. The molecular weight excluding hydrogens is 291 g/mol. The van der Waals surface area contributed by atoms with Gasteiger partial charge in [-0.2, -0.15) is 0 Å². The van der Waals surface area contributed by atoms with E-state index in [-0.39, 0.29) is 5.54 Å². The maximum atomic E-state index is 13.8. The maximum Gasteiger partial charge on any atom is 0.261 e. The molecule has 0 unspecified atom stereocenters. The zero-order valence-electron chi connectivity index (χ0n) is 11.8. The summed E-state index contributed by atoms with van der Waals surface area (Å²) < 4.78 is 41.6. The largest absolute Gasteiger partial charge is 0.261 e. The van der Waals surface area contributed by atoms with Crippen molar-refractivity contribution in [2.24, 2.45) is 17.8 Å². The van der Waals surface area contributed by atoms with Gasteiger partial charge in [0.2, 0.25) is 5.03 Å². The summed E-state index contributed by atoms with van der Waals surface area (Å²) in [7, 11) is -3.89. The summed E-state index contributed by atoms with van der Waals surface area (Å²) in [5.74, 6) is 1.11. The van der Waals surface area contributed by atoms with E-state index in [1.807, 2.05) is 0 Å². The molecule has 5 rings (SSSR count). The topological polar surface area (TPSA) is 59.1 Å². The Labute approximate surface area is 124 Å². The average molecular weight is 310 g/mol. The molecule has 0 aromatic carbocycles. The van der Waals surface area contributed by atoms with Crippen LogP contribution in [0.25, 0.3) is 0 Å². The van der Waals surface area contributed by atoms with Crippen LogP contribution in [0.5, 0.6) is 0 Å². The Bertz CT molecular complexity index is 639. The first-order chi connectivity index (χ1) is 9.96. The first kappa shape index (κ1) is 13.6. The lowest BCUT2D eigenvalue weighted by Gasteiger charge is -2.56. The van der Waals surface area contributed by atoms with Crippen molar-refractivity contribution in [2.45, 2.75) is 49.1 Å². The molecule has 4 bridgehead atoms. The molecule has 0 saturated heterocycles. The van der Waals surface area contributed by atoms with Crippen LogP contribution >= 0.6 is 0 Å². The van der Waals surface area contributed by atoms with Gasteiger partial charge >= 0.3 is 0 Å². The van der Waals surface area contributed by atoms with Crippen LogP contribution in [0, 0.1) is 23.6 Å². The van der Waals surface area contributed by atoms with E-state index in [4.69, 9.17) is 0 Å². The number of hydrogen-bond acceptors (Lipinski definition) is 3. The van der Waals surface area contributed by atoms with Crippen LogP contribution < -0.4 is 4.72 Å². The first-order valence-corrected chi connectivity index (χ1v) is 9.09. The van der Waals surface area contributed by atoms with Crippen LogP contribution in [0.15, 0.2) is 23.4 Å². The molecule has 4 fully saturated rings. The van der Waals surface area contributed by atoms with Crippen molar-refractivity contribution in [3.05, 3.63) is 24.1 Å². The van der Waals surface area contributed by atoms with Gasteiger partial charge in [0.1, 0.15) is 0 Å². The minimum absolute atomic E-state index is 0.364. The van der Waals surface area contributed by atoms with Gasteiger partial charge in [-0.25, -0.2) is 22.5 Å². The van der Waals surface area contributed by atoms with Crippen molar-refractivity contribution < 1.29 is 12.8 Å². The van der Waals surface area contributed by atoms with E-state index in [9.17, 15) is 12.8 Å². The van der Waals surface area contributed by atoms with E-state index < -0.39 is 20.9 Å². The van der Waals surface area contributed by atoms with Gasteiger partial charge in [-0.05, 0) is 68.4 Å². The van der Waals surface area contributed by atoms with E-state index >= 15 is 0 Å². The third-order valence-corrected chi connectivity index (χ3v) is 6.88. The van der Waals surface area contributed by atoms with Crippen molar-refractivity contribution in [2.75, 3.05) is 0 Å². The molecule has 1 aromatic rings. The summed E-state index contributed by atoms with van der Waals surface area (Å²) in [4.78, 5) is 3.72. The molecule has 21 heavy (non-hydrogen) atoms. The van der Waals surface area contributed by atoms with E-state index in [1.54, 1.807) is 0 Å². The van der Waals surface area contributed by atoms with Crippen LogP contribution in [0.2, 0.25) is 0 Å². The van der Waals surface area contributed by atoms with E-state index in [0.29, 0.717) is 17.8 Å². The highest BCUT2D eigenvalue weighted by Crippen LogP contribution is 2.55. The van der Waals surface area contributed by atoms with Crippen LogP contribution in [0.3, 0.4) is 0 Å². The lowest BCUT2D eigenvalue weighted by Crippen LogP contribution is -2.59. The smallest absolute Gasteiger partial charge is 0.241 e. The van der Waals surface area contributed by atoms with Crippen LogP contribution in [0.1, 0.15) is 38.5 Å². The van der Waals surface area contributed by atoms with E-state index in [1.165, 1.54) is 31.5 Å². The average Bonchev–Trinajstić information content (AvgIpc) is 2.35. The Morgan fingerprint density at radius 3 is 2.24 bits per heavy atom. The second-order valence-corrected chi connectivity index (χ2v) is 8.69. The number of pyridine rings is 1. The van der Waals surface area contributed by atoms with Crippen molar-refractivity contribution in [3.8, 4) is 0 Å². The molecule has 0 radical (unpaired) electrons. The molecule has 4 aliphatic rings. The lowest BCUT2D eigenvalue weighted by molar-refractivity contribution is -0.00815. The van der Waals surface area contributed by atoms with Gasteiger partial charge in [0, 0.05) is 11.7 Å². The number of sulfonamides is 1. The van der Waals surface area contributed by atoms with Gasteiger partial charge < -0.3 is 0 Å². The summed E-state index contributed by atoms with van der Waals surface area (Å²) in [6, 6.07) is 2.54. The molecule has 0 amide bonds. The van der Waals surface area contributed by atoms with Gasteiger partial charge in [-0.1, -0.05) is 0 Å². The molecule has 4 saturated carbocycles. The predicted octanol–water partition coefficient (Wildman–Crippen LogP) is 2.47. The number of aromatic nitrogens is 1. The summed E-state index contributed by atoms with van der Waals surface area (Å²) in [5, 5.41) is -0.472. The summed E-state index contributed by atoms with van der Waals surface area (Å²) in [6.45, 7) is 0. The summed E-state index contributed by atoms with van der Waals surface area (Å²) >= 11 is 0. The minimum atomic E-state index is -3.89. The zero-order chi connectivity index (χ0) is 14.7. The van der Waals surface area contributed by atoms with Crippen LogP contribution in [-0.4, -0.2) is 18.9 Å². The zero-order valence-corrected chi connectivity index (χ0v) is 12.6. The van der Waals surface area contributed by atoms with Crippen molar-refractivity contribution in [1.29, 1.82) is 0 Å². The molecule has 1 heterocycles. The van der Waals surface area contributed by atoms with Crippen molar-refractivity contribution in [1.82, 2.24) is 9.71 Å². The van der Waals surface area contributed by atoms with Gasteiger partial charge in [0.05, 0.1) is 0 Å². The van der Waals surface area contributed by atoms with E-state index in [2.05, 4.69) is 9.71 Å². The predicted molar refractivity (Wildman–Crippen MR) is 75.4 cm³/mol. The van der Waals surface area contributed by atoms with Gasteiger partial charge in [0.15, 0.2) is 5.82 Å². The van der Waals surface area contributed by atoms with Gasteiger partial charge in [-0.3, -0.25) is 0 Å². The standard InChI is InChI=1S/C15H19FN2O2S/c16-13-2-1-3-17-14(13)21(19,20)18-15-7-10-4-11(8-15)6-12(5-10)9-15/h1-3,10-12,18H,4-9H2. The number of nitrogens with zero attached hydrogens (tertiary/aromatic N) is 1. The molecule has 6 heteroatoms. The fourth-order valence-corrected chi connectivity index (χ4v) is 6.58. The normalized spacial score (nSPS) is 37.9. The van der Waals surface area contributed by atoms with Gasteiger partial charge in [0.25, 0.3) is 10.0 Å².